The van der Waals surface area contributed by atoms with Gasteiger partial charge in [-0.2, -0.15) is 0 Å². The molecule has 1 heteroatoms. The summed E-state index contributed by atoms with van der Waals surface area (Å²) in [6.45, 7) is 12.0. The fraction of sp³-hybridized carbons (Fsp3) is 0.368. The van der Waals surface area contributed by atoms with Gasteiger partial charge in [0.05, 0.1) is 0 Å². The summed E-state index contributed by atoms with van der Waals surface area (Å²) >= 11 is 1.87. The Labute approximate surface area is 130 Å². The second kappa shape index (κ2) is 17.8. The number of rotatable bonds is 3. The first-order chi connectivity index (χ1) is 9.95. The van der Waals surface area contributed by atoms with Crippen LogP contribution in [0, 0.1) is 0 Å². The standard InChI is InChI=1S/C13H12S.3C2H6/c1-3-7-12(8-4-1)11-14-13-9-5-2-6-10-13;3*1-2/h1-10H,11H2;3*1-2H3. The molecule has 2 aromatic carbocycles. The molecule has 0 aliphatic heterocycles. The van der Waals surface area contributed by atoms with Crippen LogP contribution in [0.15, 0.2) is 65.6 Å². The topological polar surface area (TPSA) is 0 Å². The van der Waals surface area contributed by atoms with Crippen LogP contribution in [0.3, 0.4) is 0 Å². The molecule has 0 aliphatic rings. The molecular weight excluding hydrogens is 260 g/mol. The van der Waals surface area contributed by atoms with Gasteiger partial charge in [0.2, 0.25) is 0 Å². The predicted molar refractivity (Wildman–Crippen MR) is 96.5 cm³/mol. The smallest absolute Gasteiger partial charge is 0.0231 e. The molecule has 0 spiro atoms. The van der Waals surface area contributed by atoms with Gasteiger partial charge < -0.3 is 0 Å². The van der Waals surface area contributed by atoms with Crippen LogP contribution < -0.4 is 0 Å². The van der Waals surface area contributed by atoms with E-state index in [-0.39, 0.29) is 0 Å². The SMILES string of the molecule is CC.CC.CC.c1ccc(CSc2ccccc2)cc1. The van der Waals surface area contributed by atoms with Gasteiger partial charge >= 0.3 is 0 Å². The average molecular weight is 291 g/mol. The molecule has 0 saturated heterocycles. The van der Waals surface area contributed by atoms with Gasteiger partial charge in [-0.3, -0.25) is 0 Å². The van der Waals surface area contributed by atoms with Gasteiger partial charge in [-0.25, -0.2) is 0 Å². The number of thioether (sulfide) groups is 1. The highest BCUT2D eigenvalue weighted by molar-refractivity contribution is 7.98. The van der Waals surface area contributed by atoms with E-state index in [9.17, 15) is 0 Å². The lowest BCUT2D eigenvalue weighted by Gasteiger charge is -2.00. The van der Waals surface area contributed by atoms with Gasteiger partial charge in [0.25, 0.3) is 0 Å². The molecule has 2 aromatic rings. The molecule has 20 heavy (non-hydrogen) atoms. The van der Waals surface area contributed by atoms with Crippen LogP contribution in [0.2, 0.25) is 0 Å². The fourth-order valence-electron chi connectivity index (χ4n) is 1.26. The third kappa shape index (κ3) is 10.7. The Bertz CT molecular complexity index is 328. The molecule has 2 rings (SSSR count). The first-order valence-corrected chi connectivity index (χ1v) is 8.65. The maximum atomic E-state index is 2.16. The van der Waals surface area contributed by atoms with E-state index in [2.05, 4.69) is 54.6 Å². The molecule has 0 fully saturated rings. The van der Waals surface area contributed by atoms with E-state index < -0.39 is 0 Å². The highest BCUT2D eigenvalue weighted by Crippen LogP contribution is 2.21. The molecule has 0 unspecified atom stereocenters. The van der Waals surface area contributed by atoms with E-state index in [0.29, 0.717) is 0 Å². The van der Waals surface area contributed by atoms with E-state index >= 15 is 0 Å². The van der Waals surface area contributed by atoms with Gasteiger partial charge in [0.1, 0.15) is 0 Å². The summed E-state index contributed by atoms with van der Waals surface area (Å²) in [6, 6.07) is 21.0. The Kier molecular flexibility index (Phi) is 18.8. The van der Waals surface area contributed by atoms with Crippen LogP contribution in [-0.4, -0.2) is 0 Å². The Morgan fingerprint density at radius 3 is 1.45 bits per heavy atom. The first-order valence-electron chi connectivity index (χ1n) is 7.67. The lowest BCUT2D eigenvalue weighted by Crippen LogP contribution is -1.78. The lowest BCUT2D eigenvalue weighted by atomic mass is 10.2. The van der Waals surface area contributed by atoms with Crippen molar-refractivity contribution in [3.8, 4) is 0 Å². The van der Waals surface area contributed by atoms with E-state index in [4.69, 9.17) is 0 Å². The zero-order chi connectivity index (χ0) is 15.6. The van der Waals surface area contributed by atoms with Crippen molar-refractivity contribution in [2.75, 3.05) is 0 Å². The van der Waals surface area contributed by atoms with Crippen molar-refractivity contribution in [3.63, 3.8) is 0 Å². The molecule has 0 heterocycles. The van der Waals surface area contributed by atoms with Gasteiger partial charge in [0.15, 0.2) is 0 Å². The van der Waals surface area contributed by atoms with E-state index in [1.165, 1.54) is 10.5 Å². The molecule has 0 saturated carbocycles. The summed E-state index contributed by atoms with van der Waals surface area (Å²) in [7, 11) is 0. The summed E-state index contributed by atoms with van der Waals surface area (Å²) in [5, 5.41) is 0. The van der Waals surface area contributed by atoms with Crippen LogP contribution in [-0.2, 0) is 5.75 Å². The normalized spacial score (nSPS) is 7.90. The van der Waals surface area contributed by atoms with Gasteiger partial charge in [-0.15, -0.1) is 11.8 Å². The Morgan fingerprint density at radius 2 is 1.00 bits per heavy atom. The van der Waals surface area contributed by atoms with Crippen LogP contribution >= 0.6 is 11.8 Å². The van der Waals surface area contributed by atoms with Gasteiger partial charge in [0, 0.05) is 10.6 Å². The summed E-state index contributed by atoms with van der Waals surface area (Å²) < 4.78 is 0. The van der Waals surface area contributed by atoms with Crippen LogP contribution in [0.4, 0.5) is 0 Å². The maximum absolute atomic E-state index is 2.16. The second-order valence-corrected chi connectivity index (χ2v) is 4.14. The van der Waals surface area contributed by atoms with Crippen molar-refractivity contribution in [1.29, 1.82) is 0 Å². The summed E-state index contributed by atoms with van der Waals surface area (Å²) in [4.78, 5) is 1.33. The van der Waals surface area contributed by atoms with E-state index in [1.807, 2.05) is 59.4 Å². The molecule has 0 radical (unpaired) electrons. The summed E-state index contributed by atoms with van der Waals surface area (Å²) in [5.41, 5.74) is 1.38. The largest absolute Gasteiger partial charge is 0.121 e. The van der Waals surface area contributed by atoms with Crippen molar-refractivity contribution in [2.24, 2.45) is 0 Å². The van der Waals surface area contributed by atoms with Crippen molar-refractivity contribution in [1.82, 2.24) is 0 Å². The molecule has 0 N–H and O–H groups in total. The van der Waals surface area contributed by atoms with E-state index in [1.54, 1.807) is 0 Å². The molecule has 0 aromatic heterocycles. The predicted octanol–water partition coefficient (Wildman–Crippen LogP) is 7.06. The minimum Gasteiger partial charge on any atom is -0.121 e. The monoisotopic (exact) mass is 290 g/mol. The zero-order valence-corrected chi connectivity index (χ0v) is 14.7. The fourth-order valence-corrected chi connectivity index (χ4v) is 2.13. The van der Waals surface area contributed by atoms with Crippen LogP contribution in [0.25, 0.3) is 0 Å². The van der Waals surface area contributed by atoms with Gasteiger partial charge in [-0.05, 0) is 17.7 Å². The van der Waals surface area contributed by atoms with E-state index in [0.717, 1.165) is 5.75 Å². The number of hydrogen-bond acceptors (Lipinski definition) is 1. The third-order valence-electron chi connectivity index (χ3n) is 1.99. The highest BCUT2D eigenvalue weighted by Gasteiger charge is 1.93. The minimum atomic E-state index is 1.05. The lowest BCUT2D eigenvalue weighted by molar-refractivity contribution is 1.38. The molecular formula is C19H30S. The van der Waals surface area contributed by atoms with Crippen LogP contribution in [0.1, 0.15) is 47.1 Å². The minimum absolute atomic E-state index is 1.05. The molecule has 0 bridgehead atoms. The second-order valence-electron chi connectivity index (χ2n) is 3.09. The van der Waals surface area contributed by atoms with Gasteiger partial charge in [-0.1, -0.05) is 90.1 Å². The first kappa shape index (κ1) is 21.1. The molecule has 0 atom stereocenters. The van der Waals surface area contributed by atoms with Crippen molar-refractivity contribution >= 4 is 11.8 Å². The Hall–Kier alpha value is -1.21. The molecule has 0 nitrogen and oxygen atoms in total. The maximum Gasteiger partial charge on any atom is 0.0231 e. The Morgan fingerprint density at radius 1 is 0.600 bits per heavy atom. The van der Waals surface area contributed by atoms with Crippen molar-refractivity contribution < 1.29 is 0 Å². The zero-order valence-electron chi connectivity index (χ0n) is 13.9. The van der Waals surface area contributed by atoms with Crippen molar-refractivity contribution in [3.05, 3.63) is 66.2 Å². The summed E-state index contributed by atoms with van der Waals surface area (Å²) in [6.07, 6.45) is 0. The molecule has 0 aliphatic carbocycles. The number of hydrogen-bond donors (Lipinski definition) is 0. The van der Waals surface area contributed by atoms with Crippen molar-refractivity contribution in [2.45, 2.75) is 52.2 Å². The highest BCUT2D eigenvalue weighted by atomic mass is 32.2. The number of benzene rings is 2. The van der Waals surface area contributed by atoms with Crippen LogP contribution in [0.5, 0.6) is 0 Å². The molecule has 112 valence electrons. The third-order valence-corrected chi connectivity index (χ3v) is 3.07. The average Bonchev–Trinajstić information content (AvgIpc) is 2.60. The Balaban J connectivity index is 0. The summed E-state index contributed by atoms with van der Waals surface area (Å²) in [5.74, 6) is 1.05. The quantitative estimate of drug-likeness (QED) is 0.545. The molecule has 0 amide bonds.